The van der Waals surface area contributed by atoms with Gasteiger partial charge in [-0.15, -0.1) is 0 Å². The lowest BCUT2D eigenvalue weighted by Gasteiger charge is -2.25. The fourth-order valence-electron chi connectivity index (χ4n) is 2.08. The zero-order chi connectivity index (χ0) is 12.3. The highest BCUT2D eigenvalue weighted by atomic mass is 35.5. The summed E-state index contributed by atoms with van der Waals surface area (Å²) in [5.41, 5.74) is 0. The Labute approximate surface area is 96.1 Å². The molecule has 0 aromatic heterocycles. The zero-order valence-corrected chi connectivity index (χ0v) is 9.13. The molecule has 0 aliphatic heterocycles. The third kappa shape index (κ3) is 3.13. The number of halogens is 1. The zero-order valence-electron chi connectivity index (χ0n) is 8.37. The Balaban J connectivity index is 2.71. The number of carbonyl (C=O) groups is 1. The maximum atomic E-state index is 10.7. The van der Waals surface area contributed by atoms with Gasteiger partial charge in [-0.05, 0) is 18.0 Å². The summed E-state index contributed by atoms with van der Waals surface area (Å²) < 4.78 is 0. The van der Waals surface area contributed by atoms with Crippen molar-refractivity contribution in [3.63, 3.8) is 0 Å². The van der Waals surface area contributed by atoms with Crippen LogP contribution in [0.2, 0.25) is 0 Å². The van der Waals surface area contributed by atoms with E-state index in [9.17, 15) is 25.0 Å². The van der Waals surface area contributed by atoms with Crippen molar-refractivity contribution in [1.82, 2.24) is 0 Å². The van der Waals surface area contributed by atoms with Crippen LogP contribution in [0.4, 0.5) is 0 Å². The van der Waals surface area contributed by atoms with Crippen molar-refractivity contribution in [2.45, 2.75) is 37.8 Å². The predicted octanol–water partition coefficient (Wildman–Crippen LogP) is 1.23. The molecule has 1 rings (SSSR count). The predicted molar refractivity (Wildman–Crippen MR) is 54.4 cm³/mol. The Morgan fingerprint density at radius 1 is 1.25 bits per heavy atom. The molecule has 1 saturated carbocycles. The quantitative estimate of drug-likeness (QED) is 0.424. The third-order valence-corrected chi connectivity index (χ3v) is 3.07. The van der Waals surface area contributed by atoms with Gasteiger partial charge in [0.05, 0.1) is 6.42 Å². The molecular formula is C8H11ClN2O5. The second kappa shape index (κ2) is 5.20. The summed E-state index contributed by atoms with van der Waals surface area (Å²) >= 11 is 5.18. The standard InChI is InChI=1S/C8H11ClN2O5/c9-8(12)3-5-1-2-6(10(13)14)4-7(5)11(15)16/h5-7H,1-4H2. The molecule has 7 nitrogen and oxygen atoms in total. The minimum atomic E-state index is -1.04. The van der Waals surface area contributed by atoms with E-state index in [2.05, 4.69) is 0 Å². The third-order valence-electron chi connectivity index (χ3n) is 2.92. The summed E-state index contributed by atoms with van der Waals surface area (Å²) in [5.74, 6) is -0.476. The molecule has 0 heterocycles. The van der Waals surface area contributed by atoms with Gasteiger partial charge in [0.25, 0.3) is 0 Å². The minimum Gasteiger partial charge on any atom is -0.281 e. The van der Waals surface area contributed by atoms with Crippen molar-refractivity contribution >= 4 is 16.8 Å². The summed E-state index contributed by atoms with van der Waals surface area (Å²) in [6.45, 7) is 0. The molecule has 8 heteroatoms. The van der Waals surface area contributed by atoms with Crippen molar-refractivity contribution < 1.29 is 14.6 Å². The minimum absolute atomic E-state index is 0.0857. The van der Waals surface area contributed by atoms with Crippen molar-refractivity contribution in [2.24, 2.45) is 5.92 Å². The van der Waals surface area contributed by atoms with Gasteiger partial charge in [0, 0.05) is 28.6 Å². The molecule has 0 aromatic carbocycles. The topological polar surface area (TPSA) is 103 Å². The van der Waals surface area contributed by atoms with E-state index in [1.165, 1.54) is 0 Å². The molecule has 0 bridgehead atoms. The van der Waals surface area contributed by atoms with Crippen LogP contribution in [-0.4, -0.2) is 27.2 Å². The second-order valence-corrected chi connectivity index (χ2v) is 4.35. The summed E-state index contributed by atoms with van der Waals surface area (Å²) in [5, 5.41) is 20.7. The van der Waals surface area contributed by atoms with Crippen LogP contribution in [0.3, 0.4) is 0 Å². The van der Waals surface area contributed by atoms with E-state index in [4.69, 9.17) is 11.6 Å². The van der Waals surface area contributed by atoms with Gasteiger partial charge in [-0.3, -0.25) is 25.0 Å². The first kappa shape index (κ1) is 12.8. The van der Waals surface area contributed by atoms with Gasteiger partial charge in [-0.25, -0.2) is 0 Å². The molecule has 90 valence electrons. The molecular weight excluding hydrogens is 240 g/mol. The van der Waals surface area contributed by atoms with Crippen LogP contribution in [0.15, 0.2) is 0 Å². The van der Waals surface area contributed by atoms with Gasteiger partial charge in [-0.2, -0.15) is 0 Å². The molecule has 0 saturated heterocycles. The molecule has 0 radical (unpaired) electrons. The Kier molecular flexibility index (Phi) is 4.17. The van der Waals surface area contributed by atoms with Gasteiger partial charge >= 0.3 is 0 Å². The number of hydrogen-bond acceptors (Lipinski definition) is 5. The lowest BCUT2D eigenvalue weighted by molar-refractivity contribution is -0.574. The fraction of sp³-hybridized carbons (Fsp3) is 0.875. The molecule has 3 atom stereocenters. The van der Waals surface area contributed by atoms with Crippen molar-refractivity contribution in [3.8, 4) is 0 Å². The lowest BCUT2D eigenvalue weighted by atomic mass is 9.80. The molecule has 1 aliphatic carbocycles. The first-order valence-corrected chi connectivity index (χ1v) is 5.25. The molecule has 0 N–H and O–H groups in total. The van der Waals surface area contributed by atoms with Crippen LogP contribution >= 0.6 is 11.6 Å². The first-order chi connectivity index (χ1) is 7.41. The number of carbonyl (C=O) groups excluding carboxylic acids is 1. The Morgan fingerprint density at radius 3 is 2.31 bits per heavy atom. The largest absolute Gasteiger partial charge is 0.281 e. The SMILES string of the molecule is O=C(Cl)CC1CCC([N+](=O)[O-])CC1[N+](=O)[O-]. The number of nitrogens with zero attached hydrogens (tertiary/aromatic N) is 2. The summed E-state index contributed by atoms with van der Waals surface area (Å²) in [6.07, 6.45) is 0.369. The van der Waals surface area contributed by atoms with E-state index in [0.717, 1.165) is 0 Å². The maximum absolute atomic E-state index is 10.7. The van der Waals surface area contributed by atoms with E-state index in [0.29, 0.717) is 6.42 Å². The number of rotatable bonds is 4. The Hall–Kier alpha value is -1.24. The molecule has 16 heavy (non-hydrogen) atoms. The normalized spacial score (nSPS) is 29.7. The van der Waals surface area contributed by atoms with Gasteiger partial charge in [0.2, 0.25) is 17.3 Å². The van der Waals surface area contributed by atoms with Crippen LogP contribution in [0.1, 0.15) is 25.7 Å². The van der Waals surface area contributed by atoms with E-state index < -0.39 is 33.1 Å². The van der Waals surface area contributed by atoms with Crippen molar-refractivity contribution in [3.05, 3.63) is 20.2 Å². The highest BCUT2D eigenvalue weighted by Gasteiger charge is 2.43. The maximum Gasteiger partial charge on any atom is 0.222 e. The van der Waals surface area contributed by atoms with Gasteiger partial charge < -0.3 is 0 Å². The molecule has 3 unspecified atom stereocenters. The molecule has 1 fully saturated rings. The molecule has 1 aliphatic rings. The van der Waals surface area contributed by atoms with E-state index in [1.54, 1.807) is 0 Å². The van der Waals surface area contributed by atoms with E-state index >= 15 is 0 Å². The Bertz CT molecular complexity index is 322. The fourth-order valence-corrected chi connectivity index (χ4v) is 2.28. The van der Waals surface area contributed by atoms with Crippen LogP contribution in [-0.2, 0) is 4.79 Å². The lowest BCUT2D eigenvalue weighted by Crippen LogP contribution is -2.41. The van der Waals surface area contributed by atoms with Gasteiger partial charge in [0.1, 0.15) is 0 Å². The van der Waals surface area contributed by atoms with E-state index in [-0.39, 0.29) is 19.3 Å². The molecule has 0 spiro atoms. The van der Waals surface area contributed by atoms with E-state index in [1.807, 2.05) is 0 Å². The van der Waals surface area contributed by atoms with Crippen LogP contribution < -0.4 is 0 Å². The number of hydrogen-bond donors (Lipinski definition) is 0. The van der Waals surface area contributed by atoms with Crippen molar-refractivity contribution in [2.75, 3.05) is 0 Å². The molecule has 0 amide bonds. The average Bonchev–Trinajstić information content (AvgIpc) is 2.16. The van der Waals surface area contributed by atoms with Gasteiger partial charge in [0.15, 0.2) is 0 Å². The first-order valence-electron chi connectivity index (χ1n) is 4.87. The smallest absolute Gasteiger partial charge is 0.222 e. The summed E-state index contributed by atoms with van der Waals surface area (Å²) in [7, 11) is 0. The monoisotopic (exact) mass is 250 g/mol. The molecule has 0 aromatic rings. The highest BCUT2D eigenvalue weighted by molar-refractivity contribution is 6.63. The van der Waals surface area contributed by atoms with Crippen molar-refractivity contribution in [1.29, 1.82) is 0 Å². The summed E-state index contributed by atoms with van der Waals surface area (Å²) in [4.78, 5) is 31.0. The van der Waals surface area contributed by atoms with Crippen LogP contribution in [0, 0.1) is 26.1 Å². The summed E-state index contributed by atoms with van der Waals surface area (Å²) in [6, 6.07) is -1.91. The van der Waals surface area contributed by atoms with Crippen LogP contribution in [0.5, 0.6) is 0 Å². The average molecular weight is 251 g/mol. The highest BCUT2D eigenvalue weighted by Crippen LogP contribution is 2.31. The second-order valence-electron chi connectivity index (χ2n) is 3.92. The van der Waals surface area contributed by atoms with Gasteiger partial charge in [-0.1, -0.05) is 0 Å². The van der Waals surface area contributed by atoms with Crippen LogP contribution in [0.25, 0.3) is 0 Å². The number of nitro groups is 2. The Morgan fingerprint density at radius 2 is 1.88 bits per heavy atom.